The normalized spacial score (nSPS) is 14.4. The molecule has 2 aromatic rings. The number of ether oxygens (including phenoxy) is 1. The van der Waals surface area contributed by atoms with Gasteiger partial charge in [0.25, 0.3) is 5.91 Å². The third kappa shape index (κ3) is 5.11. The number of amides is 1. The monoisotopic (exact) mass is 348 g/mol. The summed E-state index contributed by atoms with van der Waals surface area (Å²) in [5, 5.41) is 2.86. The van der Waals surface area contributed by atoms with Crippen molar-refractivity contribution in [3.63, 3.8) is 0 Å². The molecule has 1 aliphatic rings. The summed E-state index contributed by atoms with van der Waals surface area (Å²) in [5.41, 5.74) is 2.01. The number of hydrogen-bond donors (Lipinski definition) is 1. The smallest absolute Gasteiger partial charge is 0.255 e. The molecule has 2 aromatic carbocycles. The van der Waals surface area contributed by atoms with Crippen LogP contribution in [0.4, 0.5) is 5.69 Å². The number of rotatable bonds is 6. The lowest BCUT2D eigenvalue weighted by molar-refractivity contribution is 0.102. The van der Waals surface area contributed by atoms with Gasteiger partial charge in [-0.05, 0) is 68.4 Å². The van der Waals surface area contributed by atoms with Crippen LogP contribution in [0.1, 0.15) is 35.2 Å². The van der Waals surface area contributed by atoms with Crippen molar-refractivity contribution in [3.8, 4) is 18.1 Å². The first kappa shape index (κ1) is 18.0. The van der Waals surface area contributed by atoms with Gasteiger partial charge in [-0.15, -0.1) is 6.42 Å². The molecule has 0 aliphatic carbocycles. The van der Waals surface area contributed by atoms with Crippen LogP contribution in [0.5, 0.6) is 5.75 Å². The van der Waals surface area contributed by atoms with Crippen molar-refractivity contribution in [3.05, 3.63) is 59.7 Å². The van der Waals surface area contributed by atoms with E-state index in [-0.39, 0.29) is 5.91 Å². The number of likely N-dealkylation sites (tertiary alicyclic amines) is 1. The number of anilines is 1. The van der Waals surface area contributed by atoms with Gasteiger partial charge in [-0.1, -0.05) is 18.4 Å². The minimum absolute atomic E-state index is 0.168. The van der Waals surface area contributed by atoms with E-state index in [1.165, 1.54) is 32.4 Å². The lowest BCUT2D eigenvalue weighted by Gasteiger charge is -2.26. The summed E-state index contributed by atoms with van der Waals surface area (Å²) < 4.78 is 5.80. The van der Waals surface area contributed by atoms with E-state index < -0.39 is 0 Å². The minimum atomic E-state index is -0.168. The zero-order valence-corrected chi connectivity index (χ0v) is 14.9. The van der Waals surface area contributed by atoms with Gasteiger partial charge in [-0.2, -0.15) is 0 Å². The van der Waals surface area contributed by atoms with Crippen LogP contribution in [0.15, 0.2) is 48.5 Å². The molecule has 0 unspecified atom stereocenters. The summed E-state index contributed by atoms with van der Waals surface area (Å²) >= 11 is 0. The molecule has 0 radical (unpaired) electrons. The van der Waals surface area contributed by atoms with E-state index in [0.29, 0.717) is 17.9 Å². The van der Waals surface area contributed by atoms with E-state index in [4.69, 9.17) is 11.2 Å². The number of piperidine rings is 1. The molecule has 0 bridgehead atoms. The van der Waals surface area contributed by atoms with Crippen LogP contribution in [0, 0.1) is 12.3 Å². The van der Waals surface area contributed by atoms with Crippen molar-refractivity contribution >= 4 is 11.6 Å². The molecule has 1 amide bonds. The topological polar surface area (TPSA) is 41.6 Å². The van der Waals surface area contributed by atoms with Crippen LogP contribution in [0.3, 0.4) is 0 Å². The second kappa shape index (κ2) is 9.07. The van der Waals surface area contributed by atoms with Gasteiger partial charge >= 0.3 is 0 Å². The summed E-state index contributed by atoms with van der Waals surface area (Å²) in [4.78, 5) is 14.8. The Morgan fingerprint density at radius 1 is 1.12 bits per heavy atom. The molecular weight excluding hydrogens is 324 g/mol. The fourth-order valence-electron chi connectivity index (χ4n) is 3.07. The molecule has 0 atom stereocenters. The van der Waals surface area contributed by atoms with Gasteiger partial charge in [0, 0.05) is 23.4 Å². The Morgan fingerprint density at radius 2 is 1.88 bits per heavy atom. The van der Waals surface area contributed by atoms with Gasteiger partial charge in [0.05, 0.1) is 0 Å². The Bertz CT molecular complexity index is 771. The molecule has 1 saturated heterocycles. The SMILES string of the molecule is C#Cc1cccc(NC(=O)c2ccc(OCCN3CCCCC3)cc2)c1. The largest absolute Gasteiger partial charge is 0.492 e. The molecular formula is C22H24N2O2. The van der Waals surface area contributed by atoms with Crippen LogP contribution in [-0.4, -0.2) is 37.0 Å². The third-order valence-electron chi connectivity index (χ3n) is 4.53. The first-order valence-corrected chi connectivity index (χ1v) is 9.08. The van der Waals surface area contributed by atoms with Crippen molar-refractivity contribution in [1.82, 2.24) is 4.90 Å². The van der Waals surface area contributed by atoms with Crippen molar-refractivity contribution < 1.29 is 9.53 Å². The standard InChI is InChI=1S/C22H24N2O2/c1-2-18-7-6-8-20(17-18)23-22(25)19-9-11-21(12-10-19)26-16-15-24-13-4-3-5-14-24/h1,6-12,17H,3-5,13-16H2,(H,23,25). The molecule has 1 N–H and O–H groups in total. The van der Waals surface area contributed by atoms with Gasteiger partial charge in [0.2, 0.25) is 0 Å². The summed E-state index contributed by atoms with van der Waals surface area (Å²) in [7, 11) is 0. The summed E-state index contributed by atoms with van der Waals surface area (Å²) in [6.45, 7) is 3.96. The Morgan fingerprint density at radius 3 is 2.62 bits per heavy atom. The first-order chi connectivity index (χ1) is 12.7. The Labute approximate surface area is 155 Å². The molecule has 4 nitrogen and oxygen atoms in total. The van der Waals surface area contributed by atoms with Crippen molar-refractivity contribution in [2.75, 3.05) is 31.6 Å². The lowest BCUT2D eigenvalue weighted by atomic mass is 10.1. The van der Waals surface area contributed by atoms with Crippen LogP contribution in [0.2, 0.25) is 0 Å². The van der Waals surface area contributed by atoms with E-state index in [1.54, 1.807) is 18.2 Å². The molecule has 1 fully saturated rings. The average Bonchev–Trinajstić information content (AvgIpc) is 2.69. The number of hydrogen-bond acceptors (Lipinski definition) is 3. The van der Waals surface area contributed by atoms with Gasteiger partial charge in [0.15, 0.2) is 0 Å². The van der Waals surface area contributed by atoms with Crippen LogP contribution >= 0.6 is 0 Å². The van der Waals surface area contributed by atoms with Crippen molar-refractivity contribution in [2.24, 2.45) is 0 Å². The molecule has 0 saturated carbocycles. The first-order valence-electron chi connectivity index (χ1n) is 9.08. The minimum Gasteiger partial charge on any atom is -0.492 e. The van der Waals surface area contributed by atoms with Gasteiger partial charge < -0.3 is 10.1 Å². The van der Waals surface area contributed by atoms with E-state index in [9.17, 15) is 4.79 Å². The second-order valence-corrected chi connectivity index (χ2v) is 6.45. The van der Waals surface area contributed by atoms with E-state index in [0.717, 1.165) is 17.9 Å². The van der Waals surface area contributed by atoms with E-state index in [1.807, 2.05) is 30.3 Å². The summed E-state index contributed by atoms with van der Waals surface area (Å²) in [6, 6.07) is 14.5. The van der Waals surface area contributed by atoms with Crippen LogP contribution in [-0.2, 0) is 0 Å². The number of nitrogens with one attached hydrogen (secondary N) is 1. The van der Waals surface area contributed by atoms with Gasteiger partial charge in [-0.25, -0.2) is 0 Å². The summed E-state index contributed by atoms with van der Waals surface area (Å²) in [5.74, 6) is 3.18. The predicted octanol–water partition coefficient (Wildman–Crippen LogP) is 3.78. The number of carbonyl (C=O) groups is 1. The van der Waals surface area contributed by atoms with Crippen LogP contribution in [0.25, 0.3) is 0 Å². The maximum Gasteiger partial charge on any atom is 0.255 e. The Hall–Kier alpha value is -2.77. The highest BCUT2D eigenvalue weighted by atomic mass is 16.5. The lowest BCUT2D eigenvalue weighted by Crippen LogP contribution is -2.33. The van der Waals surface area contributed by atoms with Crippen molar-refractivity contribution in [1.29, 1.82) is 0 Å². The Kier molecular flexibility index (Phi) is 6.29. The van der Waals surface area contributed by atoms with E-state index >= 15 is 0 Å². The zero-order chi connectivity index (χ0) is 18.2. The highest BCUT2D eigenvalue weighted by molar-refractivity contribution is 6.04. The second-order valence-electron chi connectivity index (χ2n) is 6.45. The number of carbonyl (C=O) groups excluding carboxylic acids is 1. The van der Waals surface area contributed by atoms with Crippen molar-refractivity contribution in [2.45, 2.75) is 19.3 Å². The highest BCUT2D eigenvalue weighted by Crippen LogP contribution is 2.16. The molecule has 134 valence electrons. The molecule has 0 aromatic heterocycles. The average molecular weight is 348 g/mol. The van der Waals surface area contributed by atoms with Crippen LogP contribution < -0.4 is 10.1 Å². The molecule has 3 rings (SSSR count). The number of benzene rings is 2. The van der Waals surface area contributed by atoms with Gasteiger partial charge in [-0.3, -0.25) is 9.69 Å². The number of nitrogens with zero attached hydrogens (tertiary/aromatic N) is 1. The number of terminal acetylenes is 1. The van der Waals surface area contributed by atoms with E-state index in [2.05, 4.69) is 16.1 Å². The fourth-order valence-corrected chi connectivity index (χ4v) is 3.07. The third-order valence-corrected chi connectivity index (χ3v) is 4.53. The predicted molar refractivity (Wildman–Crippen MR) is 105 cm³/mol. The quantitative estimate of drug-likeness (QED) is 0.808. The Balaban J connectivity index is 1.50. The highest BCUT2D eigenvalue weighted by Gasteiger charge is 2.10. The molecule has 4 heteroatoms. The van der Waals surface area contributed by atoms with Gasteiger partial charge in [0.1, 0.15) is 12.4 Å². The maximum absolute atomic E-state index is 12.3. The maximum atomic E-state index is 12.3. The fraction of sp³-hybridized carbons (Fsp3) is 0.318. The molecule has 0 spiro atoms. The molecule has 1 aliphatic heterocycles. The summed E-state index contributed by atoms with van der Waals surface area (Å²) in [6.07, 6.45) is 9.30. The molecule has 26 heavy (non-hydrogen) atoms. The zero-order valence-electron chi connectivity index (χ0n) is 14.9. The molecule has 1 heterocycles.